The second-order valence-electron chi connectivity index (χ2n) is 2.96. The van der Waals surface area contributed by atoms with Gasteiger partial charge in [-0.05, 0) is 30.2 Å². The van der Waals surface area contributed by atoms with Gasteiger partial charge >= 0.3 is 0 Å². The van der Waals surface area contributed by atoms with Crippen LogP contribution in [-0.4, -0.2) is 5.75 Å². The number of aryl methyl sites for hydroxylation is 1. The zero-order valence-corrected chi connectivity index (χ0v) is 11.5. The first kappa shape index (κ1) is 14.6. The second kappa shape index (κ2) is 8.84. The molecule has 1 aromatic carbocycles. The highest BCUT2D eigenvalue weighted by molar-refractivity contribution is 7.99. The Morgan fingerprint density at radius 3 is 2.27 bits per heavy atom. The fourth-order valence-electron chi connectivity index (χ4n) is 1.59. The monoisotopic (exact) mass is 224 g/mol. The second-order valence-corrected chi connectivity index (χ2v) is 4.41. The Bertz CT molecular complexity index is 255. The normalized spacial score (nSPS) is 17.5. The third-order valence-electron chi connectivity index (χ3n) is 2.23. The first-order valence-corrected chi connectivity index (χ1v) is 7.12. The third-order valence-corrected chi connectivity index (χ3v) is 3.43. The zero-order chi connectivity index (χ0) is 11.7. The molecule has 86 valence electrons. The minimum Gasteiger partial charge on any atom is -0.154 e. The van der Waals surface area contributed by atoms with Crippen LogP contribution >= 0.6 is 11.8 Å². The first-order valence-electron chi connectivity index (χ1n) is 6.07. The molecule has 0 saturated heterocycles. The maximum Gasteiger partial charge on any atom is 0.0271 e. The van der Waals surface area contributed by atoms with Gasteiger partial charge in [0, 0.05) is 5.25 Å². The van der Waals surface area contributed by atoms with Crippen LogP contribution in [0.2, 0.25) is 0 Å². The van der Waals surface area contributed by atoms with E-state index in [1.165, 1.54) is 12.2 Å². The minimum atomic E-state index is 0.708. The fourth-order valence-corrected chi connectivity index (χ4v) is 2.69. The lowest BCUT2D eigenvalue weighted by molar-refractivity contribution is 0.984. The fraction of sp³-hybridized carbons (Fsp3) is 0.571. The van der Waals surface area contributed by atoms with Crippen LogP contribution in [0.4, 0.5) is 0 Å². The number of thioether (sulfide) groups is 1. The SMILES string of the molecule is CC.CC.CC1SCCc2ccccc21. The van der Waals surface area contributed by atoms with Gasteiger partial charge in [0.25, 0.3) is 0 Å². The van der Waals surface area contributed by atoms with Crippen molar-refractivity contribution in [2.45, 2.75) is 46.3 Å². The molecule has 1 aliphatic rings. The van der Waals surface area contributed by atoms with Crippen molar-refractivity contribution >= 4 is 11.8 Å². The van der Waals surface area contributed by atoms with E-state index < -0.39 is 0 Å². The molecule has 0 radical (unpaired) electrons. The molecule has 0 aromatic heterocycles. The molecule has 0 amide bonds. The van der Waals surface area contributed by atoms with E-state index in [-0.39, 0.29) is 0 Å². The van der Waals surface area contributed by atoms with Gasteiger partial charge in [-0.3, -0.25) is 0 Å². The minimum absolute atomic E-state index is 0.708. The van der Waals surface area contributed by atoms with Crippen molar-refractivity contribution in [3.05, 3.63) is 35.4 Å². The van der Waals surface area contributed by atoms with E-state index in [0.29, 0.717) is 5.25 Å². The molecule has 1 aromatic rings. The van der Waals surface area contributed by atoms with Gasteiger partial charge < -0.3 is 0 Å². The molecule has 0 aliphatic carbocycles. The summed E-state index contributed by atoms with van der Waals surface area (Å²) < 4.78 is 0. The van der Waals surface area contributed by atoms with E-state index in [9.17, 15) is 0 Å². The predicted octanol–water partition coefficient (Wildman–Crippen LogP) is 5.09. The number of hydrogen-bond acceptors (Lipinski definition) is 1. The molecule has 0 nitrogen and oxygen atoms in total. The maximum absolute atomic E-state index is 2.29. The van der Waals surface area contributed by atoms with E-state index in [1.54, 1.807) is 11.1 Å². The van der Waals surface area contributed by atoms with Crippen LogP contribution in [0.15, 0.2) is 24.3 Å². The van der Waals surface area contributed by atoms with E-state index in [1.807, 2.05) is 27.7 Å². The highest BCUT2D eigenvalue weighted by atomic mass is 32.2. The van der Waals surface area contributed by atoms with Crippen molar-refractivity contribution in [3.63, 3.8) is 0 Å². The highest BCUT2D eigenvalue weighted by Crippen LogP contribution is 2.35. The Morgan fingerprint density at radius 1 is 1.07 bits per heavy atom. The summed E-state index contributed by atoms with van der Waals surface area (Å²) in [5.41, 5.74) is 3.10. The molecular formula is C14H24S. The van der Waals surface area contributed by atoms with E-state index in [0.717, 1.165) is 0 Å². The molecule has 0 fully saturated rings. The summed E-state index contributed by atoms with van der Waals surface area (Å²) in [6, 6.07) is 8.79. The van der Waals surface area contributed by atoms with Crippen molar-refractivity contribution in [1.82, 2.24) is 0 Å². The number of rotatable bonds is 0. The van der Waals surface area contributed by atoms with Gasteiger partial charge in [-0.1, -0.05) is 52.0 Å². The summed E-state index contributed by atoms with van der Waals surface area (Å²) >= 11 is 2.06. The Labute approximate surface area is 99.5 Å². The van der Waals surface area contributed by atoms with Crippen molar-refractivity contribution in [2.75, 3.05) is 5.75 Å². The van der Waals surface area contributed by atoms with Gasteiger partial charge in [-0.25, -0.2) is 0 Å². The van der Waals surface area contributed by atoms with Crippen LogP contribution in [-0.2, 0) is 6.42 Å². The third kappa shape index (κ3) is 4.29. The molecule has 0 saturated carbocycles. The highest BCUT2D eigenvalue weighted by Gasteiger charge is 2.14. The summed E-state index contributed by atoms with van der Waals surface area (Å²) in [7, 11) is 0. The van der Waals surface area contributed by atoms with Crippen molar-refractivity contribution in [1.29, 1.82) is 0 Å². The van der Waals surface area contributed by atoms with Crippen molar-refractivity contribution in [2.24, 2.45) is 0 Å². The number of benzene rings is 1. The average molecular weight is 224 g/mol. The Hall–Kier alpha value is -0.430. The predicted molar refractivity (Wildman–Crippen MR) is 73.7 cm³/mol. The molecule has 0 bridgehead atoms. The summed E-state index contributed by atoms with van der Waals surface area (Å²) in [4.78, 5) is 0. The van der Waals surface area contributed by atoms with Crippen LogP contribution < -0.4 is 0 Å². The summed E-state index contributed by atoms with van der Waals surface area (Å²) in [6.45, 7) is 10.3. The zero-order valence-electron chi connectivity index (χ0n) is 10.7. The van der Waals surface area contributed by atoms with Gasteiger partial charge in [0.1, 0.15) is 0 Å². The number of hydrogen-bond donors (Lipinski definition) is 0. The van der Waals surface area contributed by atoms with Gasteiger partial charge in [0.15, 0.2) is 0 Å². The van der Waals surface area contributed by atoms with Gasteiger partial charge in [-0.2, -0.15) is 11.8 Å². The van der Waals surface area contributed by atoms with Crippen molar-refractivity contribution in [3.8, 4) is 0 Å². The van der Waals surface area contributed by atoms with Gasteiger partial charge in [-0.15, -0.1) is 0 Å². The topological polar surface area (TPSA) is 0 Å². The summed E-state index contributed by atoms with van der Waals surface area (Å²) in [5.74, 6) is 1.29. The van der Waals surface area contributed by atoms with Crippen LogP contribution in [0, 0.1) is 0 Å². The lowest BCUT2D eigenvalue weighted by atomic mass is 10.0. The standard InChI is InChI=1S/C10H12S.2C2H6/c1-8-10-5-3-2-4-9(10)6-7-11-8;2*1-2/h2-5,8H,6-7H2,1H3;2*1-2H3. The van der Waals surface area contributed by atoms with Crippen LogP contribution in [0.1, 0.15) is 51.0 Å². The maximum atomic E-state index is 2.29. The van der Waals surface area contributed by atoms with Crippen molar-refractivity contribution < 1.29 is 0 Å². The van der Waals surface area contributed by atoms with E-state index in [2.05, 4.69) is 43.0 Å². The number of fused-ring (bicyclic) bond motifs is 1. The Morgan fingerprint density at radius 2 is 1.67 bits per heavy atom. The molecule has 1 heteroatoms. The largest absolute Gasteiger partial charge is 0.154 e. The molecule has 1 unspecified atom stereocenters. The van der Waals surface area contributed by atoms with E-state index in [4.69, 9.17) is 0 Å². The Balaban J connectivity index is 0.000000442. The summed E-state index contributed by atoms with van der Waals surface area (Å²) in [5, 5.41) is 0.708. The molecule has 15 heavy (non-hydrogen) atoms. The molecule has 0 N–H and O–H groups in total. The molecule has 2 rings (SSSR count). The molecule has 1 aliphatic heterocycles. The Kier molecular flexibility index (Phi) is 8.59. The van der Waals surface area contributed by atoms with Gasteiger partial charge in [0.2, 0.25) is 0 Å². The smallest absolute Gasteiger partial charge is 0.0271 e. The average Bonchev–Trinajstić information content (AvgIpc) is 2.35. The first-order chi connectivity index (χ1) is 7.38. The van der Waals surface area contributed by atoms with Crippen LogP contribution in [0.5, 0.6) is 0 Å². The van der Waals surface area contributed by atoms with Gasteiger partial charge in [0.05, 0.1) is 0 Å². The summed E-state index contributed by atoms with van der Waals surface area (Å²) in [6.07, 6.45) is 1.26. The molecule has 1 atom stereocenters. The van der Waals surface area contributed by atoms with E-state index >= 15 is 0 Å². The molecule has 1 heterocycles. The van der Waals surface area contributed by atoms with Crippen LogP contribution in [0.25, 0.3) is 0 Å². The lowest BCUT2D eigenvalue weighted by Crippen LogP contribution is -2.04. The van der Waals surface area contributed by atoms with Crippen LogP contribution in [0.3, 0.4) is 0 Å². The quantitative estimate of drug-likeness (QED) is 0.591. The molecular weight excluding hydrogens is 200 g/mol. The molecule has 0 spiro atoms. The lowest BCUT2D eigenvalue weighted by Gasteiger charge is -2.21.